The van der Waals surface area contributed by atoms with E-state index in [2.05, 4.69) is 55.4 Å². The lowest BCUT2D eigenvalue weighted by Crippen LogP contribution is -2.50. The van der Waals surface area contributed by atoms with Gasteiger partial charge in [0, 0.05) is 6.54 Å². The summed E-state index contributed by atoms with van der Waals surface area (Å²) >= 11 is 11.3. The molecule has 0 aliphatic carbocycles. The highest BCUT2D eigenvalue weighted by molar-refractivity contribution is 7.51. The quantitative estimate of drug-likeness (QED) is 0.0507. The molecule has 0 spiro atoms. The molecule has 14 heteroatoms. The topological polar surface area (TPSA) is 159 Å². The number of nitrogens with zero attached hydrogens (tertiary/aromatic N) is 2. The van der Waals surface area contributed by atoms with Gasteiger partial charge in [0.05, 0.1) is 93.3 Å². The summed E-state index contributed by atoms with van der Waals surface area (Å²) in [6.45, 7) is 29.5. The van der Waals surface area contributed by atoms with Crippen molar-refractivity contribution in [2.75, 3.05) is 72.3 Å². The molecule has 0 aliphatic heterocycles. The van der Waals surface area contributed by atoms with Gasteiger partial charge in [0.15, 0.2) is 0 Å². The van der Waals surface area contributed by atoms with E-state index in [0.29, 0.717) is 0 Å². The highest BCUT2D eigenvalue weighted by atomic mass is 35.5. The lowest BCUT2D eigenvalue weighted by molar-refractivity contribution is -0.929. The minimum absolute atomic E-state index is 0.0224. The molecule has 0 aromatic heterocycles. The molecule has 0 radical (unpaired) electrons. The van der Waals surface area contributed by atoms with Gasteiger partial charge in [0.2, 0.25) is 0 Å². The number of hydrogen-bond donors (Lipinski definition) is 3. The van der Waals surface area contributed by atoms with Gasteiger partial charge in [-0.15, -0.1) is 0 Å². The van der Waals surface area contributed by atoms with E-state index in [9.17, 15) is 24.4 Å². The van der Waals surface area contributed by atoms with Crippen molar-refractivity contribution in [1.82, 2.24) is 5.32 Å². The number of unbranched alkanes of at least 4 members (excludes halogenated alkanes) is 8. The molecule has 0 saturated heterocycles. The molecule has 0 bridgehead atoms. The first-order valence-electron chi connectivity index (χ1n) is 21.9. The van der Waals surface area contributed by atoms with Gasteiger partial charge < -0.3 is 48.6 Å². The van der Waals surface area contributed by atoms with Gasteiger partial charge in [-0.3, -0.25) is 4.57 Å². The molecular weight excluding hydrogens is 788 g/mol. The summed E-state index contributed by atoms with van der Waals surface area (Å²) < 4.78 is 17.7. The van der Waals surface area contributed by atoms with E-state index >= 15 is 0 Å². The first-order chi connectivity index (χ1) is 27.0. The normalized spacial score (nSPS) is 11.4. The maximum absolute atomic E-state index is 10.6. The monoisotopic (exact) mass is 872 g/mol. The van der Waals surface area contributed by atoms with E-state index in [4.69, 9.17) is 37.7 Å². The van der Waals surface area contributed by atoms with Crippen molar-refractivity contribution in [2.24, 2.45) is 0 Å². The van der Waals surface area contributed by atoms with Gasteiger partial charge in [0.1, 0.15) is 5.75 Å². The Bertz CT molecular complexity index is 1080. The van der Waals surface area contributed by atoms with Crippen molar-refractivity contribution >= 4 is 42.7 Å². The summed E-state index contributed by atoms with van der Waals surface area (Å²) in [4.78, 5) is 36.6. The van der Waals surface area contributed by atoms with Crippen LogP contribution in [0.5, 0.6) is 5.75 Å². The molecular formula is C43H84Cl2N3O8P. The van der Waals surface area contributed by atoms with Crippen LogP contribution in [0.15, 0.2) is 12.1 Å². The zero-order valence-electron chi connectivity index (χ0n) is 37.5. The maximum Gasteiger partial charge on any atom is 0.339 e. The van der Waals surface area contributed by atoms with Crippen molar-refractivity contribution in [3.8, 4) is 5.75 Å². The lowest BCUT2D eigenvalue weighted by atomic mass is 10.1. The molecule has 3 N–H and O–H groups in total. The SMILES string of the molecule is CCCC[N+](CCCC)(CCCC)CCCC.CCCC[N+](CCCC)(CCCC)CCCC.COc1c(Cl)ccc(Cl)c1C(=O)[O-].O=C([O-])CNCP(=O)(O)O. The fraction of sp³-hybridized carbons (Fsp3) is 0.814. The van der Waals surface area contributed by atoms with Crippen LogP contribution in [-0.2, 0) is 9.36 Å². The zero-order valence-corrected chi connectivity index (χ0v) is 39.9. The Kier molecular flexibility index (Phi) is 39.5. The number of methoxy groups -OCH3 is 1. The number of carboxylic acids is 2. The van der Waals surface area contributed by atoms with Crippen molar-refractivity contribution in [2.45, 2.75) is 158 Å². The molecule has 0 unspecified atom stereocenters. The number of ether oxygens (including phenoxy) is 1. The molecule has 57 heavy (non-hydrogen) atoms. The second kappa shape index (κ2) is 37.6. The van der Waals surface area contributed by atoms with Crippen LogP contribution >= 0.6 is 30.8 Å². The summed E-state index contributed by atoms with van der Waals surface area (Å²) in [5, 5.41) is 22.5. The second-order valence-electron chi connectivity index (χ2n) is 15.1. The Balaban J connectivity index is -0.000000695. The third kappa shape index (κ3) is 32.1. The average Bonchev–Trinajstić information content (AvgIpc) is 3.17. The van der Waals surface area contributed by atoms with Crippen LogP contribution in [0, 0.1) is 0 Å². The number of nitrogens with one attached hydrogen (secondary N) is 1. The third-order valence-electron chi connectivity index (χ3n) is 9.94. The first kappa shape index (κ1) is 59.9. The van der Waals surface area contributed by atoms with E-state index in [1.807, 2.05) is 5.32 Å². The predicted octanol–water partition coefficient (Wildman–Crippen LogP) is 8.83. The van der Waals surface area contributed by atoms with Gasteiger partial charge in [-0.05, 0) is 63.5 Å². The van der Waals surface area contributed by atoms with Crippen molar-refractivity contribution in [1.29, 1.82) is 0 Å². The van der Waals surface area contributed by atoms with Crippen molar-refractivity contribution in [3.63, 3.8) is 0 Å². The molecule has 0 atom stereocenters. The Morgan fingerprint density at radius 1 is 0.614 bits per heavy atom. The Labute approximate surface area is 358 Å². The molecule has 0 fully saturated rings. The minimum Gasteiger partial charge on any atom is -0.549 e. The smallest absolute Gasteiger partial charge is 0.339 e. The molecule has 11 nitrogen and oxygen atoms in total. The summed E-state index contributed by atoms with van der Waals surface area (Å²) in [5.41, 5.74) is -0.225. The number of quaternary nitrogens is 2. The number of halogens is 2. The molecule has 0 heterocycles. The van der Waals surface area contributed by atoms with Crippen LogP contribution in [0.4, 0.5) is 0 Å². The van der Waals surface area contributed by atoms with Crippen LogP contribution in [0.3, 0.4) is 0 Å². The van der Waals surface area contributed by atoms with Gasteiger partial charge >= 0.3 is 7.60 Å². The van der Waals surface area contributed by atoms with E-state index in [1.165, 1.54) is 183 Å². The molecule has 338 valence electrons. The summed E-state index contributed by atoms with van der Waals surface area (Å²) in [7, 11) is -2.81. The molecule has 0 aliphatic rings. The van der Waals surface area contributed by atoms with Crippen LogP contribution in [0.1, 0.15) is 168 Å². The van der Waals surface area contributed by atoms with Crippen LogP contribution < -0.4 is 20.3 Å². The fourth-order valence-corrected chi connectivity index (χ4v) is 7.38. The number of rotatable bonds is 30. The van der Waals surface area contributed by atoms with Gasteiger partial charge in [-0.2, -0.15) is 0 Å². The first-order valence-corrected chi connectivity index (χ1v) is 24.4. The van der Waals surface area contributed by atoms with Crippen LogP contribution in [-0.4, -0.2) is 103 Å². The zero-order chi connectivity index (χ0) is 44.2. The molecule has 1 rings (SSSR count). The van der Waals surface area contributed by atoms with Crippen molar-refractivity contribution < 1.29 is 47.9 Å². The largest absolute Gasteiger partial charge is 0.549 e. The van der Waals surface area contributed by atoms with E-state index in [1.54, 1.807) is 0 Å². The van der Waals surface area contributed by atoms with Crippen LogP contribution in [0.2, 0.25) is 10.0 Å². The summed E-state index contributed by atoms with van der Waals surface area (Å²) in [6, 6.07) is 2.83. The van der Waals surface area contributed by atoms with Gasteiger partial charge in [0.25, 0.3) is 0 Å². The standard InChI is InChI=1S/2C16H36N.C8H6Cl2O3.C3H8NO5P/c2*1-5-9-13-17(14-10-6-2,15-11-7-3)16-12-8-4;1-13-7-5(10)3-2-4(9)6(7)8(11)12;5-3(6)1-4-2-10(7,8)9/h2*5-16H2,1-4H3;2-3H,1H3,(H,11,12);4H,1-2H2,(H,5,6)(H2,7,8,9)/q2*+1;;/p-2. The number of benzene rings is 1. The highest BCUT2D eigenvalue weighted by Crippen LogP contribution is 2.33. The van der Waals surface area contributed by atoms with E-state index in [-0.39, 0.29) is 21.4 Å². The number of carboxylic acid groups (broad SMARTS) is 2. The lowest BCUT2D eigenvalue weighted by Gasteiger charge is -2.39. The molecule has 1 aromatic rings. The molecule has 0 amide bonds. The van der Waals surface area contributed by atoms with Crippen molar-refractivity contribution in [3.05, 3.63) is 27.7 Å². The number of carbonyl (C=O) groups excluding carboxylic acids is 2. The fourth-order valence-electron chi connectivity index (χ4n) is 6.52. The van der Waals surface area contributed by atoms with E-state index in [0.717, 1.165) is 0 Å². The van der Waals surface area contributed by atoms with Gasteiger partial charge in [-0.25, -0.2) is 0 Å². The van der Waals surface area contributed by atoms with Gasteiger partial charge in [-0.1, -0.05) is 130 Å². The Morgan fingerprint density at radius 2 is 0.895 bits per heavy atom. The maximum atomic E-state index is 10.6. The van der Waals surface area contributed by atoms with Crippen LogP contribution in [0.25, 0.3) is 0 Å². The number of aromatic carboxylic acids is 1. The number of aliphatic carboxylic acids is 1. The second-order valence-corrected chi connectivity index (χ2v) is 17.6. The number of carbonyl (C=O) groups is 2. The number of hydrogen-bond acceptors (Lipinski definition) is 7. The minimum atomic E-state index is -4.12. The highest BCUT2D eigenvalue weighted by Gasteiger charge is 2.26. The average molecular weight is 873 g/mol. The summed E-state index contributed by atoms with van der Waals surface area (Å²) in [5.74, 6) is -2.79. The van der Waals surface area contributed by atoms with E-state index < -0.39 is 32.4 Å². The Hall–Kier alpha value is -1.43. The third-order valence-corrected chi connectivity index (χ3v) is 11.2. The summed E-state index contributed by atoms with van der Waals surface area (Å²) in [6.07, 6.45) is 21.5. The molecule has 0 saturated carbocycles. The molecule has 1 aromatic carbocycles. The predicted molar refractivity (Wildman–Crippen MR) is 236 cm³/mol. The Morgan fingerprint density at radius 3 is 1.09 bits per heavy atom.